The van der Waals surface area contributed by atoms with Gasteiger partial charge in [0.25, 0.3) is 0 Å². The summed E-state index contributed by atoms with van der Waals surface area (Å²) in [4.78, 5) is 24.8. The summed E-state index contributed by atoms with van der Waals surface area (Å²) in [5.41, 5.74) is 2.46. The molecule has 0 unspecified atom stereocenters. The van der Waals surface area contributed by atoms with Crippen LogP contribution in [0.3, 0.4) is 0 Å². The van der Waals surface area contributed by atoms with Crippen molar-refractivity contribution in [3.05, 3.63) is 95.6 Å². The highest BCUT2D eigenvalue weighted by atomic mass is 16.5. The predicted molar refractivity (Wildman–Crippen MR) is 114 cm³/mol. The van der Waals surface area contributed by atoms with Crippen LogP contribution in [-0.4, -0.2) is 25.9 Å². The Bertz CT molecular complexity index is 1040. The van der Waals surface area contributed by atoms with Gasteiger partial charge in [-0.2, -0.15) is 0 Å². The number of ether oxygens (including phenoxy) is 2. The van der Waals surface area contributed by atoms with E-state index in [1.807, 2.05) is 24.3 Å². The summed E-state index contributed by atoms with van der Waals surface area (Å²) in [5.74, 6) is 0.808. The van der Waals surface area contributed by atoms with E-state index in [0.29, 0.717) is 28.3 Å². The second-order valence-corrected chi connectivity index (χ2v) is 6.21. The molecule has 0 atom stereocenters. The molecular weight excluding hydrogens is 366 g/mol. The number of nitrogens with one attached hydrogen (secondary N) is 1. The molecule has 3 aromatic rings. The third-order valence-electron chi connectivity index (χ3n) is 4.26. The molecule has 0 fully saturated rings. The zero-order chi connectivity index (χ0) is 20.6. The number of rotatable bonds is 7. The van der Waals surface area contributed by atoms with Crippen molar-refractivity contribution < 1.29 is 19.1 Å². The standard InChI is InChI=1S/C24H21NO4/c1-28-21-13-11-17(15-22(21)29-2)12-14-23(26)25-20-10-6-9-19(16-20)24(27)18-7-4-3-5-8-18/h3-16H,1-2H3,(H,25,26). The number of anilines is 1. The Hall–Kier alpha value is -3.86. The summed E-state index contributed by atoms with van der Waals surface area (Å²) in [5, 5.41) is 2.78. The molecule has 3 rings (SSSR count). The lowest BCUT2D eigenvalue weighted by Gasteiger charge is -2.08. The normalized spacial score (nSPS) is 10.6. The Morgan fingerprint density at radius 1 is 0.793 bits per heavy atom. The number of hydrogen-bond acceptors (Lipinski definition) is 4. The summed E-state index contributed by atoms with van der Waals surface area (Å²) in [6.07, 6.45) is 3.10. The molecule has 1 N–H and O–H groups in total. The van der Waals surface area contributed by atoms with Crippen molar-refractivity contribution in [1.29, 1.82) is 0 Å². The molecule has 0 bridgehead atoms. The van der Waals surface area contributed by atoms with E-state index >= 15 is 0 Å². The van der Waals surface area contributed by atoms with Crippen molar-refractivity contribution in [2.45, 2.75) is 0 Å². The van der Waals surface area contributed by atoms with Crippen LogP contribution in [-0.2, 0) is 4.79 Å². The highest BCUT2D eigenvalue weighted by molar-refractivity contribution is 6.10. The molecule has 3 aromatic carbocycles. The van der Waals surface area contributed by atoms with E-state index in [2.05, 4.69) is 5.32 Å². The van der Waals surface area contributed by atoms with Crippen LogP contribution in [0.2, 0.25) is 0 Å². The van der Waals surface area contributed by atoms with Crippen molar-refractivity contribution in [3.63, 3.8) is 0 Å². The molecule has 5 nitrogen and oxygen atoms in total. The zero-order valence-electron chi connectivity index (χ0n) is 16.2. The molecule has 0 aliphatic heterocycles. The Kier molecular flexibility index (Phi) is 6.43. The second-order valence-electron chi connectivity index (χ2n) is 6.21. The lowest BCUT2D eigenvalue weighted by molar-refractivity contribution is -0.111. The molecule has 29 heavy (non-hydrogen) atoms. The van der Waals surface area contributed by atoms with E-state index in [4.69, 9.17) is 9.47 Å². The van der Waals surface area contributed by atoms with Crippen molar-refractivity contribution in [2.24, 2.45) is 0 Å². The van der Waals surface area contributed by atoms with E-state index in [1.165, 1.54) is 6.08 Å². The van der Waals surface area contributed by atoms with Gasteiger partial charge in [0.1, 0.15) is 0 Å². The van der Waals surface area contributed by atoms with Gasteiger partial charge < -0.3 is 14.8 Å². The second kappa shape index (κ2) is 9.37. The Morgan fingerprint density at radius 3 is 2.24 bits per heavy atom. The van der Waals surface area contributed by atoms with Gasteiger partial charge in [-0.05, 0) is 35.9 Å². The maximum Gasteiger partial charge on any atom is 0.248 e. The first kappa shape index (κ1) is 19.9. The molecule has 5 heteroatoms. The molecule has 0 radical (unpaired) electrons. The Labute approximate surface area is 169 Å². The summed E-state index contributed by atoms with van der Waals surface area (Å²) < 4.78 is 10.5. The van der Waals surface area contributed by atoms with E-state index in [9.17, 15) is 9.59 Å². The van der Waals surface area contributed by atoms with Crippen LogP contribution in [0.5, 0.6) is 11.5 Å². The van der Waals surface area contributed by atoms with Gasteiger partial charge >= 0.3 is 0 Å². The summed E-state index contributed by atoms with van der Waals surface area (Å²) in [6.45, 7) is 0. The molecule has 0 spiro atoms. The fourth-order valence-corrected chi connectivity index (χ4v) is 2.81. The largest absolute Gasteiger partial charge is 0.493 e. The van der Waals surface area contributed by atoms with Gasteiger partial charge in [0.05, 0.1) is 14.2 Å². The molecule has 0 heterocycles. The molecule has 146 valence electrons. The molecular formula is C24H21NO4. The molecule has 0 aliphatic carbocycles. The monoisotopic (exact) mass is 387 g/mol. The van der Waals surface area contributed by atoms with Gasteiger partial charge in [-0.15, -0.1) is 0 Å². The molecule has 0 aliphatic rings. The van der Waals surface area contributed by atoms with Crippen LogP contribution in [0.1, 0.15) is 21.5 Å². The van der Waals surface area contributed by atoms with Crippen LogP contribution in [0.15, 0.2) is 78.9 Å². The zero-order valence-corrected chi connectivity index (χ0v) is 16.2. The molecule has 0 saturated heterocycles. The highest BCUT2D eigenvalue weighted by Crippen LogP contribution is 2.28. The minimum absolute atomic E-state index is 0.0948. The lowest BCUT2D eigenvalue weighted by atomic mass is 10.0. The number of benzene rings is 3. The van der Waals surface area contributed by atoms with Crippen LogP contribution < -0.4 is 14.8 Å². The van der Waals surface area contributed by atoms with Gasteiger partial charge in [-0.25, -0.2) is 0 Å². The number of hydrogen-bond donors (Lipinski definition) is 1. The topological polar surface area (TPSA) is 64.6 Å². The van der Waals surface area contributed by atoms with Crippen molar-refractivity contribution >= 4 is 23.5 Å². The first-order chi connectivity index (χ1) is 14.1. The minimum Gasteiger partial charge on any atom is -0.493 e. The van der Waals surface area contributed by atoms with Gasteiger partial charge in [0.15, 0.2) is 17.3 Å². The van der Waals surface area contributed by atoms with Crippen LogP contribution >= 0.6 is 0 Å². The fraction of sp³-hybridized carbons (Fsp3) is 0.0833. The minimum atomic E-state index is -0.302. The van der Waals surface area contributed by atoms with E-state index < -0.39 is 0 Å². The number of ketones is 1. The molecule has 1 amide bonds. The third kappa shape index (κ3) is 5.11. The summed E-state index contributed by atoms with van der Waals surface area (Å²) >= 11 is 0. The number of methoxy groups -OCH3 is 2. The highest BCUT2D eigenvalue weighted by Gasteiger charge is 2.09. The Balaban J connectivity index is 1.70. The average molecular weight is 387 g/mol. The molecule has 0 aromatic heterocycles. The average Bonchev–Trinajstić information content (AvgIpc) is 2.77. The number of amides is 1. The molecule has 0 saturated carbocycles. The first-order valence-electron chi connectivity index (χ1n) is 9.01. The maximum absolute atomic E-state index is 12.6. The first-order valence-corrected chi connectivity index (χ1v) is 9.01. The van der Waals surface area contributed by atoms with Crippen LogP contribution in [0, 0.1) is 0 Å². The Morgan fingerprint density at radius 2 is 1.52 bits per heavy atom. The van der Waals surface area contributed by atoms with Crippen LogP contribution in [0.25, 0.3) is 6.08 Å². The van der Waals surface area contributed by atoms with Crippen molar-refractivity contribution in [1.82, 2.24) is 0 Å². The van der Waals surface area contributed by atoms with E-state index in [-0.39, 0.29) is 11.7 Å². The van der Waals surface area contributed by atoms with Gasteiger partial charge in [-0.3, -0.25) is 9.59 Å². The number of carbonyl (C=O) groups excluding carboxylic acids is 2. The van der Waals surface area contributed by atoms with Crippen molar-refractivity contribution in [3.8, 4) is 11.5 Å². The van der Waals surface area contributed by atoms with Crippen molar-refractivity contribution in [2.75, 3.05) is 19.5 Å². The van der Waals surface area contributed by atoms with Gasteiger partial charge in [0, 0.05) is 22.9 Å². The fourth-order valence-electron chi connectivity index (χ4n) is 2.81. The van der Waals surface area contributed by atoms with Gasteiger partial charge in [-0.1, -0.05) is 48.5 Å². The SMILES string of the molecule is COc1ccc(C=CC(=O)Nc2cccc(C(=O)c3ccccc3)c2)cc1OC. The smallest absolute Gasteiger partial charge is 0.248 e. The summed E-state index contributed by atoms with van der Waals surface area (Å²) in [6, 6.07) is 21.3. The lowest BCUT2D eigenvalue weighted by Crippen LogP contribution is -2.09. The third-order valence-corrected chi connectivity index (χ3v) is 4.26. The van der Waals surface area contributed by atoms with Crippen LogP contribution in [0.4, 0.5) is 5.69 Å². The van der Waals surface area contributed by atoms with E-state index in [0.717, 1.165) is 5.56 Å². The number of carbonyl (C=O) groups is 2. The summed E-state index contributed by atoms with van der Waals surface area (Å²) in [7, 11) is 3.12. The quantitative estimate of drug-likeness (QED) is 0.476. The van der Waals surface area contributed by atoms with E-state index in [1.54, 1.807) is 68.8 Å². The van der Waals surface area contributed by atoms with Gasteiger partial charge in [0.2, 0.25) is 5.91 Å². The maximum atomic E-state index is 12.6. The predicted octanol–water partition coefficient (Wildman–Crippen LogP) is 4.59.